The maximum atomic E-state index is 13.3. The van der Waals surface area contributed by atoms with Crippen LogP contribution in [0.4, 0.5) is 4.39 Å². The Morgan fingerprint density at radius 2 is 2.26 bits per heavy atom. The molecule has 19 heavy (non-hydrogen) atoms. The summed E-state index contributed by atoms with van der Waals surface area (Å²) in [6.45, 7) is 3.64. The molecule has 0 fully saturated rings. The van der Waals surface area contributed by atoms with Gasteiger partial charge in [-0.25, -0.2) is 9.07 Å². The number of nitrogens with one attached hydrogen (secondary N) is 1. The van der Waals surface area contributed by atoms with Gasteiger partial charge in [-0.1, -0.05) is 6.92 Å². The predicted octanol–water partition coefficient (Wildman–Crippen LogP) is 2.00. The molecule has 0 atom stereocenters. The van der Waals surface area contributed by atoms with Gasteiger partial charge in [-0.15, -0.1) is 5.10 Å². The van der Waals surface area contributed by atoms with Gasteiger partial charge in [0.25, 0.3) is 0 Å². The van der Waals surface area contributed by atoms with Crippen molar-refractivity contribution in [3.63, 3.8) is 0 Å². The highest BCUT2D eigenvalue weighted by Gasteiger charge is 2.10. The molecule has 0 radical (unpaired) electrons. The van der Waals surface area contributed by atoms with E-state index in [1.165, 1.54) is 17.8 Å². The van der Waals surface area contributed by atoms with Crippen LogP contribution in [-0.4, -0.2) is 26.8 Å². The molecule has 0 saturated heterocycles. The van der Waals surface area contributed by atoms with Gasteiger partial charge < -0.3 is 5.32 Å². The van der Waals surface area contributed by atoms with Gasteiger partial charge >= 0.3 is 0 Å². The van der Waals surface area contributed by atoms with Crippen LogP contribution in [0.25, 0.3) is 0 Å². The highest BCUT2D eigenvalue weighted by Crippen LogP contribution is 2.28. The summed E-state index contributed by atoms with van der Waals surface area (Å²) in [5.74, 6) is -0.228. The second-order valence-electron chi connectivity index (χ2n) is 4.12. The van der Waals surface area contributed by atoms with E-state index < -0.39 is 0 Å². The van der Waals surface area contributed by atoms with E-state index in [2.05, 4.69) is 27.8 Å². The first-order valence-corrected chi connectivity index (χ1v) is 6.91. The van der Waals surface area contributed by atoms with E-state index >= 15 is 0 Å². The molecule has 2 aromatic rings. The van der Waals surface area contributed by atoms with Gasteiger partial charge in [-0.3, -0.25) is 0 Å². The topological polar surface area (TPSA) is 55.6 Å². The van der Waals surface area contributed by atoms with E-state index in [9.17, 15) is 4.39 Å². The third-order valence-electron chi connectivity index (χ3n) is 2.55. The number of hydrogen-bond acceptors (Lipinski definition) is 5. The van der Waals surface area contributed by atoms with Gasteiger partial charge in [-0.2, -0.15) is 0 Å². The van der Waals surface area contributed by atoms with Gasteiger partial charge in [0.05, 0.1) is 0 Å². The molecular formula is C12H16FN5S. The molecule has 1 N–H and O–H groups in total. The molecule has 0 saturated carbocycles. The van der Waals surface area contributed by atoms with Crippen molar-refractivity contribution < 1.29 is 4.39 Å². The van der Waals surface area contributed by atoms with Crippen LogP contribution in [0, 0.1) is 5.82 Å². The summed E-state index contributed by atoms with van der Waals surface area (Å²) in [7, 11) is 1.78. The summed E-state index contributed by atoms with van der Waals surface area (Å²) in [6.07, 6.45) is 1.05. The first-order chi connectivity index (χ1) is 9.20. The minimum Gasteiger partial charge on any atom is -0.313 e. The molecule has 0 aliphatic rings. The van der Waals surface area contributed by atoms with E-state index in [-0.39, 0.29) is 5.82 Å². The van der Waals surface area contributed by atoms with Gasteiger partial charge in [-0.05, 0) is 58.9 Å². The second-order valence-corrected chi connectivity index (χ2v) is 5.13. The number of halogens is 1. The van der Waals surface area contributed by atoms with E-state index in [4.69, 9.17) is 0 Å². The summed E-state index contributed by atoms with van der Waals surface area (Å²) in [5, 5.41) is 15.3. The molecule has 1 heterocycles. The largest absolute Gasteiger partial charge is 0.313 e. The monoisotopic (exact) mass is 281 g/mol. The third-order valence-corrected chi connectivity index (χ3v) is 3.69. The highest BCUT2D eigenvalue weighted by molar-refractivity contribution is 7.99. The molecule has 1 aromatic heterocycles. The van der Waals surface area contributed by atoms with Crippen LogP contribution in [0.3, 0.4) is 0 Å². The molecule has 0 amide bonds. The standard InChI is InChI=1S/C12H16FN5S/c1-3-6-14-8-9-7-10(13)4-5-11(9)19-12-15-16-17-18(12)2/h4-5,7,14H,3,6,8H2,1-2H3. The minimum absolute atomic E-state index is 0.228. The SMILES string of the molecule is CCCNCc1cc(F)ccc1Sc1nnnn1C. The highest BCUT2D eigenvalue weighted by atomic mass is 32.2. The van der Waals surface area contributed by atoms with Crippen molar-refractivity contribution in [1.82, 2.24) is 25.5 Å². The Balaban J connectivity index is 2.16. The Hall–Kier alpha value is -1.47. The average molecular weight is 281 g/mol. The first-order valence-electron chi connectivity index (χ1n) is 6.10. The van der Waals surface area contributed by atoms with Gasteiger partial charge in [0.15, 0.2) is 0 Å². The zero-order valence-corrected chi connectivity index (χ0v) is 11.7. The van der Waals surface area contributed by atoms with Gasteiger partial charge in [0, 0.05) is 18.5 Å². The number of aryl methyl sites for hydroxylation is 1. The summed E-state index contributed by atoms with van der Waals surface area (Å²) in [6, 6.07) is 4.77. The molecule has 0 aliphatic heterocycles. The average Bonchev–Trinajstić information content (AvgIpc) is 2.78. The lowest BCUT2D eigenvalue weighted by Crippen LogP contribution is -2.14. The van der Waals surface area contributed by atoms with E-state index in [0.29, 0.717) is 11.7 Å². The number of rotatable bonds is 6. The quantitative estimate of drug-likeness (QED) is 0.821. The van der Waals surface area contributed by atoms with Crippen LogP contribution in [-0.2, 0) is 13.6 Å². The molecule has 0 aliphatic carbocycles. The molecule has 1 aromatic carbocycles. The fraction of sp³-hybridized carbons (Fsp3) is 0.417. The lowest BCUT2D eigenvalue weighted by molar-refractivity contribution is 0.615. The summed E-state index contributed by atoms with van der Waals surface area (Å²) in [4.78, 5) is 0.961. The van der Waals surface area contributed by atoms with Crippen molar-refractivity contribution in [3.8, 4) is 0 Å². The van der Waals surface area contributed by atoms with E-state index in [1.807, 2.05) is 0 Å². The Kier molecular flexibility index (Phi) is 4.86. The summed E-state index contributed by atoms with van der Waals surface area (Å²) < 4.78 is 14.9. The Bertz CT molecular complexity index is 543. The Morgan fingerprint density at radius 3 is 2.95 bits per heavy atom. The van der Waals surface area contributed by atoms with Crippen LogP contribution >= 0.6 is 11.8 Å². The maximum Gasteiger partial charge on any atom is 0.213 e. The van der Waals surface area contributed by atoms with Crippen molar-refractivity contribution in [3.05, 3.63) is 29.6 Å². The molecule has 5 nitrogen and oxygen atoms in total. The smallest absolute Gasteiger partial charge is 0.213 e. The van der Waals surface area contributed by atoms with Crippen LogP contribution in [0.2, 0.25) is 0 Å². The third kappa shape index (κ3) is 3.74. The molecule has 0 bridgehead atoms. The number of nitrogens with zero attached hydrogens (tertiary/aromatic N) is 4. The number of aromatic nitrogens is 4. The maximum absolute atomic E-state index is 13.3. The predicted molar refractivity (Wildman–Crippen MR) is 71.3 cm³/mol. The van der Waals surface area contributed by atoms with Crippen LogP contribution in [0.1, 0.15) is 18.9 Å². The molecule has 0 unspecified atom stereocenters. The van der Waals surface area contributed by atoms with Crippen LogP contribution < -0.4 is 5.32 Å². The number of tetrazole rings is 1. The molecular weight excluding hydrogens is 265 g/mol. The lowest BCUT2D eigenvalue weighted by atomic mass is 10.2. The van der Waals surface area contributed by atoms with E-state index in [0.717, 1.165) is 23.4 Å². The summed E-state index contributed by atoms with van der Waals surface area (Å²) >= 11 is 1.43. The fourth-order valence-electron chi connectivity index (χ4n) is 1.59. The second kappa shape index (κ2) is 6.63. The molecule has 0 spiro atoms. The Labute approximate surface area is 115 Å². The zero-order chi connectivity index (χ0) is 13.7. The Morgan fingerprint density at radius 1 is 1.42 bits per heavy atom. The van der Waals surface area contributed by atoms with E-state index in [1.54, 1.807) is 23.9 Å². The van der Waals surface area contributed by atoms with Gasteiger partial charge in [0.2, 0.25) is 5.16 Å². The van der Waals surface area contributed by atoms with Gasteiger partial charge in [0.1, 0.15) is 5.82 Å². The number of hydrogen-bond donors (Lipinski definition) is 1. The van der Waals surface area contributed by atoms with Crippen LogP contribution in [0.15, 0.2) is 28.3 Å². The van der Waals surface area contributed by atoms with Crippen LogP contribution in [0.5, 0.6) is 0 Å². The normalized spacial score (nSPS) is 10.9. The van der Waals surface area contributed by atoms with Crippen molar-refractivity contribution in [1.29, 1.82) is 0 Å². The number of benzene rings is 1. The van der Waals surface area contributed by atoms with Crippen molar-refractivity contribution in [2.75, 3.05) is 6.54 Å². The molecule has 102 valence electrons. The lowest BCUT2D eigenvalue weighted by Gasteiger charge is -2.09. The van der Waals surface area contributed by atoms with Crippen molar-refractivity contribution >= 4 is 11.8 Å². The molecule has 7 heteroatoms. The van der Waals surface area contributed by atoms with Crippen molar-refractivity contribution in [2.45, 2.75) is 29.9 Å². The first kappa shape index (κ1) is 14.0. The summed E-state index contributed by atoms with van der Waals surface area (Å²) in [5.41, 5.74) is 0.918. The minimum atomic E-state index is -0.228. The van der Waals surface area contributed by atoms with Crippen molar-refractivity contribution in [2.24, 2.45) is 7.05 Å². The fourth-order valence-corrected chi connectivity index (χ4v) is 2.43. The zero-order valence-electron chi connectivity index (χ0n) is 10.9. The molecule has 2 rings (SSSR count).